The largest absolute Gasteiger partial charge is 0.497 e. The number of nitrogens with zero attached hydrogens (tertiary/aromatic N) is 2. The lowest BCUT2D eigenvalue weighted by Gasteiger charge is -2.17. The number of fused-ring (bicyclic) bond motifs is 1. The first-order valence-electron chi connectivity index (χ1n) is 14.8. The maximum absolute atomic E-state index is 13.4. The van der Waals surface area contributed by atoms with E-state index in [1.165, 1.54) is 19.4 Å². The molecule has 0 atom stereocenters. The van der Waals surface area contributed by atoms with Crippen molar-refractivity contribution in [1.82, 2.24) is 9.78 Å². The zero-order chi connectivity index (χ0) is 32.8. The number of hydrogen-bond donors (Lipinski definition) is 1. The van der Waals surface area contributed by atoms with Gasteiger partial charge in [0.2, 0.25) is 0 Å². The number of methoxy groups -OCH3 is 2. The van der Waals surface area contributed by atoms with Crippen molar-refractivity contribution in [2.45, 2.75) is 45.8 Å². The Bertz CT molecular complexity index is 1780. The summed E-state index contributed by atoms with van der Waals surface area (Å²) in [5, 5.41) is 14.5. The molecule has 0 unspecified atom stereocenters. The highest BCUT2D eigenvalue weighted by Gasteiger charge is 2.24. The van der Waals surface area contributed by atoms with Gasteiger partial charge in [0.1, 0.15) is 35.3 Å². The van der Waals surface area contributed by atoms with Gasteiger partial charge in [-0.25, -0.2) is 9.59 Å². The van der Waals surface area contributed by atoms with Gasteiger partial charge in [-0.1, -0.05) is 37.6 Å². The molecule has 4 aromatic rings. The number of carbonyl (C=O) groups excluding carboxylic acids is 1. The third kappa shape index (κ3) is 6.97. The fourth-order valence-electron chi connectivity index (χ4n) is 5.24. The molecule has 0 amide bonds. The van der Waals surface area contributed by atoms with Crippen LogP contribution < -0.4 is 23.7 Å². The number of esters is 1. The van der Waals surface area contributed by atoms with Gasteiger partial charge < -0.3 is 28.8 Å². The number of unbranched alkanes of at least 4 members (excludes halogenated alkanes) is 1. The van der Waals surface area contributed by atoms with Gasteiger partial charge in [0.25, 0.3) is 0 Å². The van der Waals surface area contributed by atoms with Crippen LogP contribution in [0, 0.1) is 0 Å². The van der Waals surface area contributed by atoms with E-state index in [1.54, 1.807) is 42.1 Å². The Hall–Kier alpha value is -4.96. The molecule has 0 bridgehead atoms. The molecule has 0 saturated heterocycles. The summed E-state index contributed by atoms with van der Waals surface area (Å²) in [6.45, 7) is 7.09. The average molecular weight is 647 g/mol. The van der Waals surface area contributed by atoms with Crippen LogP contribution in [0.25, 0.3) is 11.3 Å². The summed E-state index contributed by atoms with van der Waals surface area (Å²) >= 11 is 6.37. The van der Waals surface area contributed by atoms with E-state index in [-0.39, 0.29) is 34.9 Å². The number of hydrogen-bond acceptors (Lipinski definition) is 8. The van der Waals surface area contributed by atoms with Crippen molar-refractivity contribution in [3.8, 4) is 40.0 Å². The topological polar surface area (TPSA) is 118 Å². The predicted octanol–water partition coefficient (Wildman–Crippen LogP) is 6.94. The third-order valence-corrected chi connectivity index (χ3v) is 8.04. The van der Waals surface area contributed by atoms with Gasteiger partial charge in [-0.15, -0.1) is 0 Å². The third-order valence-electron chi connectivity index (χ3n) is 7.68. The summed E-state index contributed by atoms with van der Waals surface area (Å²) in [6, 6.07) is 13.7. The number of aryl methyl sites for hydroxylation is 1. The summed E-state index contributed by atoms with van der Waals surface area (Å²) in [5.41, 5.74) is 3.45. The molecule has 1 aliphatic heterocycles. The SMILES string of the molecule is C=C(Cc1cc2c(cc1OC)CCO2)C(=O)Oc1cnn(CCCC)c1-c1ccc(OC)cc1OCc1c(Cl)cccc1C(=O)O. The van der Waals surface area contributed by atoms with Crippen LogP contribution in [0.5, 0.6) is 28.7 Å². The summed E-state index contributed by atoms with van der Waals surface area (Å²) in [5.74, 6) is 0.752. The van der Waals surface area contributed by atoms with Crippen molar-refractivity contribution >= 4 is 23.5 Å². The smallest absolute Gasteiger partial charge is 0.339 e. The first-order chi connectivity index (χ1) is 22.2. The molecular formula is C35H35ClN2O8. The maximum atomic E-state index is 13.4. The van der Waals surface area contributed by atoms with E-state index in [0.29, 0.717) is 47.2 Å². The lowest BCUT2D eigenvalue weighted by atomic mass is 10.0. The molecule has 1 aromatic heterocycles. The summed E-state index contributed by atoms with van der Waals surface area (Å²) in [6.07, 6.45) is 4.22. The van der Waals surface area contributed by atoms with Crippen LogP contribution >= 0.6 is 11.6 Å². The minimum absolute atomic E-state index is 0.0321. The van der Waals surface area contributed by atoms with Crippen molar-refractivity contribution in [1.29, 1.82) is 0 Å². The van der Waals surface area contributed by atoms with E-state index in [1.807, 2.05) is 12.1 Å². The van der Waals surface area contributed by atoms with Crippen molar-refractivity contribution in [3.05, 3.63) is 94.2 Å². The Morgan fingerprint density at radius 2 is 1.91 bits per heavy atom. The lowest BCUT2D eigenvalue weighted by molar-refractivity contribution is -0.130. The Kier molecular flexibility index (Phi) is 10.2. The highest BCUT2D eigenvalue weighted by atomic mass is 35.5. The molecule has 0 saturated carbocycles. The van der Waals surface area contributed by atoms with Gasteiger partial charge in [-0.3, -0.25) is 4.68 Å². The summed E-state index contributed by atoms with van der Waals surface area (Å²) in [4.78, 5) is 25.3. The molecule has 0 aliphatic carbocycles. The van der Waals surface area contributed by atoms with Gasteiger partial charge in [-0.05, 0) is 42.8 Å². The van der Waals surface area contributed by atoms with Crippen molar-refractivity contribution < 1.29 is 38.4 Å². The first kappa shape index (κ1) is 32.4. The van der Waals surface area contributed by atoms with E-state index in [9.17, 15) is 14.7 Å². The number of carboxylic acids is 1. The number of carbonyl (C=O) groups is 2. The molecule has 46 heavy (non-hydrogen) atoms. The van der Waals surface area contributed by atoms with Crippen molar-refractivity contribution in [2.24, 2.45) is 0 Å². The first-order valence-corrected chi connectivity index (χ1v) is 15.2. The fraction of sp³-hybridized carbons (Fsp3) is 0.286. The van der Waals surface area contributed by atoms with Crippen LogP contribution in [0.1, 0.15) is 46.8 Å². The molecule has 5 rings (SSSR count). The van der Waals surface area contributed by atoms with Crippen LogP contribution in [0.15, 0.2) is 66.9 Å². The average Bonchev–Trinajstić information content (AvgIpc) is 3.68. The Labute approximate surface area is 272 Å². The maximum Gasteiger partial charge on any atom is 0.339 e. The second kappa shape index (κ2) is 14.4. The van der Waals surface area contributed by atoms with E-state index >= 15 is 0 Å². The van der Waals surface area contributed by atoms with E-state index in [4.69, 9.17) is 35.3 Å². The van der Waals surface area contributed by atoms with Crippen LogP contribution in [0.2, 0.25) is 5.02 Å². The van der Waals surface area contributed by atoms with Crippen LogP contribution in [0.4, 0.5) is 0 Å². The Morgan fingerprint density at radius 1 is 1.09 bits per heavy atom. The number of aromatic carboxylic acids is 1. The standard InChI is InChI=1S/C35H35ClN2O8/c1-5-6-13-38-33(26-11-10-24(42-3)18-31(26)45-20-27-25(34(39)40)8-7-9-28(27)36)32(19-37-38)46-35(41)21(2)15-23-17-30-22(12-14-44-30)16-29(23)43-4/h7-11,16-19H,2,5-6,12-15,20H2,1,3-4H3,(H,39,40). The second-order valence-corrected chi connectivity index (χ2v) is 11.1. The molecule has 0 radical (unpaired) electrons. The zero-order valence-corrected chi connectivity index (χ0v) is 26.7. The number of carboxylic acid groups (broad SMARTS) is 1. The van der Waals surface area contributed by atoms with Crippen LogP contribution in [0.3, 0.4) is 0 Å². The Balaban J connectivity index is 1.46. The van der Waals surface area contributed by atoms with Gasteiger partial charge in [0, 0.05) is 58.3 Å². The van der Waals surface area contributed by atoms with Gasteiger partial charge in [-0.2, -0.15) is 5.10 Å². The van der Waals surface area contributed by atoms with Crippen molar-refractivity contribution in [2.75, 3.05) is 20.8 Å². The quantitative estimate of drug-likeness (QED) is 0.115. The van der Waals surface area contributed by atoms with Gasteiger partial charge in [0.05, 0.1) is 32.6 Å². The number of halogens is 1. The molecule has 11 heteroatoms. The van der Waals surface area contributed by atoms with Crippen molar-refractivity contribution in [3.63, 3.8) is 0 Å². The highest BCUT2D eigenvalue weighted by molar-refractivity contribution is 6.31. The number of aromatic nitrogens is 2. The monoisotopic (exact) mass is 646 g/mol. The van der Waals surface area contributed by atoms with Crippen LogP contribution in [-0.2, 0) is 30.8 Å². The molecule has 0 fully saturated rings. The zero-order valence-electron chi connectivity index (χ0n) is 25.9. The number of benzene rings is 3. The van der Waals surface area contributed by atoms with Gasteiger partial charge in [0.15, 0.2) is 5.75 Å². The molecule has 2 heterocycles. The lowest BCUT2D eigenvalue weighted by Crippen LogP contribution is -2.13. The summed E-state index contributed by atoms with van der Waals surface area (Å²) in [7, 11) is 3.11. The number of rotatable bonds is 14. The van der Waals surface area contributed by atoms with Gasteiger partial charge >= 0.3 is 11.9 Å². The van der Waals surface area contributed by atoms with E-state index in [0.717, 1.165) is 36.1 Å². The minimum Gasteiger partial charge on any atom is -0.497 e. The predicted molar refractivity (Wildman–Crippen MR) is 173 cm³/mol. The van der Waals surface area contributed by atoms with E-state index < -0.39 is 11.9 Å². The molecular weight excluding hydrogens is 612 g/mol. The van der Waals surface area contributed by atoms with Crippen LogP contribution in [-0.4, -0.2) is 47.7 Å². The van der Waals surface area contributed by atoms with E-state index in [2.05, 4.69) is 18.6 Å². The molecule has 3 aromatic carbocycles. The number of ether oxygens (including phenoxy) is 5. The Morgan fingerprint density at radius 3 is 2.65 bits per heavy atom. The molecule has 240 valence electrons. The molecule has 10 nitrogen and oxygen atoms in total. The highest BCUT2D eigenvalue weighted by Crippen LogP contribution is 2.40. The molecule has 0 spiro atoms. The molecule has 1 N–H and O–H groups in total. The second-order valence-electron chi connectivity index (χ2n) is 10.7. The fourth-order valence-corrected chi connectivity index (χ4v) is 5.47. The minimum atomic E-state index is -1.12. The molecule has 1 aliphatic rings. The summed E-state index contributed by atoms with van der Waals surface area (Å²) < 4.78 is 30.6. The normalized spacial score (nSPS) is 11.8.